The molecule has 1 heterocycles. The van der Waals surface area contributed by atoms with Gasteiger partial charge in [0.25, 0.3) is 0 Å². The van der Waals surface area contributed by atoms with E-state index >= 15 is 0 Å². The number of hydrogen-bond donors (Lipinski definition) is 3. The highest BCUT2D eigenvalue weighted by Gasteiger charge is 2.26. The molecule has 0 aliphatic rings. The van der Waals surface area contributed by atoms with Crippen LogP contribution in [0.4, 0.5) is 5.13 Å². The quantitative estimate of drug-likeness (QED) is 0.598. The Kier molecular flexibility index (Phi) is 2.97. The third kappa shape index (κ3) is 2.39. The van der Waals surface area contributed by atoms with Gasteiger partial charge in [0, 0.05) is 0 Å². The van der Waals surface area contributed by atoms with Crippen molar-refractivity contribution in [2.24, 2.45) is 0 Å². The predicted molar refractivity (Wildman–Crippen MR) is 47.3 cm³/mol. The molecule has 0 aromatic carbocycles. The van der Waals surface area contributed by atoms with Gasteiger partial charge >= 0.3 is 11.9 Å². The number of aliphatic carboxylic acids is 2. The molecule has 14 heavy (non-hydrogen) atoms. The maximum atomic E-state index is 10.5. The number of aryl methyl sites for hydroxylation is 1. The highest BCUT2D eigenvalue weighted by atomic mass is 32.1. The van der Waals surface area contributed by atoms with E-state index in [-0.39, 0.29) is 5.13 Å². The van der Waals surface area contributed by atoms with E-state index in [0.29, 0.717) is 5.01 Å². The summed E-state index contributed by atoms with van der Waals surface area (Å²) in [6.07, 6.45) is 0. The third-order valence-corrected chi connectivity index (χ3v) is 2.06. The molecule has 1 rings (SSSR count). The van der Waals surface area contributed by atoms with Gasteiger partial charge in [-0.25, -0.2) is 9.59 Å². The number of nitrogens with zero attached hydrogens (tertiary/aromatic N) is 2. The third-order valence-electron chi connectivity index (χ3n) is 1.29. The summed E-state index contributed by atoms with van der Waals surface area (Å²) in [6.45, 7) is 1.68. The normalized spacial score (nSPS) is 10.1. The predicted octanol–water partition coefficient (Wildman–Crippen LogP) is -0.204. The zero-order valence-corrected chi connectivity index (χ0v) is 7.91. The smallest absolute Gasteiger partial charge is 0.338 e. The summed E-state index contributed by atoms with van der Waals surface area (Å²) >= 11 is 1.09. The molecule has 3 N–H and O–H groups in total. The lowest BCUT2D eigenvalue weighted by molar-refractivity contribution is -0.148. The van der Waals surface area contributed by atoms with E-state index in [2.05, 4.69) is 15.5 Å². The second kappa shape index (κ2) is 4.01. The summed E-state index contributed by atoms with van der Waals surface area (Å²) in [6, 6.07) is -1.69. The van der Waals surface area contributed by atoms with E-state index in [1.165, 1.54) is 0 Å². The molecule has 0 saturated carbocycles. The summed E-state index contributed by atoms with van der Waals surface area (Å²) in [4.78, 5) is 20.9. The first kappa shape index (κ1) is 10.4. The summed E-state index contributed by atoms with van der Waals surface area (Å²) in [5.74, 6) is -2.93. The molecule has 0 fully saturated rings. The van der Waals surface area contributed by atoms with Crippen molar-refractivity contribution in [1.29, 1.82) is 0 Å². The van der Waals surface area contributed by atoms with Gasteiger partial charge in [0.2, 0.25) is 11.2 Å². The minimum atomic E-state index is -1.69. The zero-order chi connectivity index (χ0) is 10.7. The molecule has 0 aliphatic carbocycles. The zero-order valence-electron chi connectivity index (χ0n) is 7.09. The lowest BCUT2D eigenvalue weighted by Gasteiger charge is -2.06. The van der Waals surface area contributed by atoms with Crippen LogP contribution >= 0.6 is 11.3 Å². The van der Waals surface area contributed by atoms with Crippen molar-refractivity contribution in [3.05, 3.63) is 5.01 Å². The van der Waals surface area contributed by atoms with Crippen molar-refractivity contribution in [3.8, 4) is 0 Å². The van der Waals surface area contributed by atoms with Crippen molar-refractivity contribution < 1.29 is 19.8 Å². The number of rotatable bonds is 4. The Morgan fingerprint density at radius 2 is 1.93 bits per heavy atom. The molecule has 1 aromatic rings. The summed E-state index contributed by atoms with van der Waals surface area (Å²) in [5.41, 5.74) is 0. The molecule has 0 unspecified atom stereocenters. The fourth-order valence-corrected chi connectivity index (χ4v) is 1.33. The van der Waals surface area contributed by atoms with Crippen LogP contribution in [0.25, 0.3) is 0 Å². The van der Waals surface area contributed by atoms with Gasteiger partial charge in [-0.1, -0.05) is 11.3 Å². The Labute approximate surface area is 82.4 Å². The highest BCUT2D eigenvalue weighted by Crippen LogP contribution is 2.14. The van der Waals surface area contributed by atoms with Crippen molar-refractivity contribution in [2.45, 2.75) is 13.0 Å². The topological polar surface area (TPSA) is 112 Å². The highest BCUT2D eigenvalue weighted by molar-refractivity contribution is 7.15. The van der Waals surface area contributed by atoms with E-state index < -0.39 is 18.0 Å². The average Bonchev–Trinajstić information content (AvgIpc) is 2.46. The molecule has 76 valence electrons. The van der Waals surface area contributed by atoms with Crippen LogP contribution in [-0.2, 0) is 9.59 Å². The Morgan fingerprint density at radius 3 is 2.29 bits per heavy atom. The first-order valence-electron chi connectivity index (χ1n) is 3.53. The van der Waals surface area contributed by atoms with Crippen molar-refractivity contribution >= 4 is 28.4 Å². The molecule has 0 atom stereocenters. The van der Waals surface area contributed by atoms with Crippen LogP contribution in [0.15, 0.2) is 0 Å². The van der Waals surface area contributed by atoms with Crippen LogP contribution in [0.2, 0.25) is 0 Å². The molecule has 8 heteroatoms. The van der Waals surface area contributed by atoms with Gasteiger partial charge in [0.1, 0.15) is 5.01 Å². The average molecular weight is 217 g/mol. The minimum Gasteiger partial charge on any atom is -0.479 e. The SMILES string of the molecule is Cc1nnc(NC(C(=O)O)C(=O)O)s1. The van der Waals surface area contributed by atoms with Gasteiger partial charge in [0.15, 0.2) is 0 Å². The number of carbonyl (C=O) groups is 2. The maximum Gasteiger partial charge on any atom is 0.338 e. The van der Waals surface area contributed by atoms with Gasteiger partial charge in [-0.05, 0) is 6.92 Å². The number of carboxylic acids is 2. The number of anilines is 1. The lowest BCUT2D eigenvalue weighted by atomic mass is 10.3. The van der Waals surface area contributed by atoms with Crippen LogP contribution in [0.3, 0.4) is 0 Å². The summed E-state index contributed by atoms with van der Waals surface area (Å²) in [5, 5.41) is 27.3. The lowest BCUT2D eigenvalue weighted by Crippen LogP contribution is -2.37. The van der Waals surface area contributed by atoms with Crippen LogP contribution in [0.1, 0.15) is 5.01 Å². The second-order valence-electron chi connectivity index (χ2n) is 2.38. The maximum absolute atomic E-state index is 10.5. The number of aromatic nitrogens is 2. The summed E-state index contributed by atoms with van der Waals surface area (Å²) in [7, 11) is 0. The number of nitrogens with one attached hydrogen (secondary N) is 1. The van der Waals surface area contributed by atoms with Gasteiger partial charge in [-0.3, -0.25) is 0 Å². The molecule has 0 spiro atoms. The molecule has 0 aliphatic heterocycles. The monoisotopic (exact) mass is 217 g/mol. The number of carboxylic acid groups (broad SMARTS) is 2. The van der Waals surface area contributed by atoms with Crippen LogP contribution in [0, 0.1) is 6.92 Å². The molecular formula is C6H7N3O4S. The van der Waals surface area contributed by atoms with Crippen molar-refractivity contribution in [3.63, 3.8) is 0 Å². The Balaban J connectivity index is 2.74. The van der Waals surface area contributed by atoms with Crippen LogP contribution in [0.5, 0.6) is 0 Å². The van der Waals surface area contributed by atoms with Gasteiger partial charge in [0.05, 0.1) is 0 Å². The standard InChI is InChI=1S/C6H7N3O4S/c1-2-8-9-6(14-2)7-3(4(10)11)5(12)13/h3H,1H3,(H,7,9)(H,10,11)(H,12,13). The molecule has 1 aromatic heterocycles. The van der Waals surface area contributed by atoms with Gasteiger partial charge < -0.3 is 15.5 Å². The van der Waals surface area contributed by atoms with E-state index in [4.69, 9.17) is 10.2 Å². The molecular weight excluding hydrogens is 210 g/mol. The molecule has 0 bridgehead atoms. The van der Waals surface area contributed by atoms with E-state index in [9.17, 15) is 9.59 Å². The van der Waals surface area contributed by atoms with Crippen LogP contribution in [-0.4, -0.2) is 38.4 Å². The fraction of sp³-hybridized carbons (Fsp3) is 0.333. The molecule has 0 saturated heterocycles. The second-order valence-corrected chi connectivity index (χ2v) is 3.56. The number of hydrogen-bond acceptors (Lipinski definition) is 6. The first-order chi connectivity index (χ1) is 6.50. The van der Waals surface area contributed by atoms with Crippen molar-refractivity contribution in [1.82, 2.24) is 10.2 Å². The fourth-order valence-electron chi connectivity index (χ4n) is 0.707. The minimum absolute atomic E-state index is 0.178. The first-order valence-corrected chi connectivity index (χ1v) is 4.34. The van der Waals surface area contributed by atoms with E-state index in [1.807, 2.05) is 0 Å². The van der Waals surface area contributed by atoms with Gasteiger partial charge in [-0.15, -0.1) is 10.2 Å². The summed E-state index contributed by atoms with van der Waals surface area (Å²) < 4.78 is 0. The molecule has 7 nitrogen and oxygen atoms in total. The van der Waals surface area contributed by atoms with Crippen molar-refractivity contribution in [2.75, 3.05) is 5.32 Å². The Morgan fingerprint density at radius 1 is 1.36 bits per heavy atom. The Hall–Kier alpha value is -1.70. The molecule has 0 amide bonds. The van der Waals surface area contributed by atoms with E-state index in [1.54, 1.807) is 6.92 Å². The largest absolute Gasteiger partial charge is 0.479 e. The molecule has 0 radical (unpaired) electrons. The Bertz CT molecular complexity index is 350. The van der Waals surface area contributed by atoms with E-state index in [0.717, 1.165) is 11.3 Å². The van der Waals surface area contributed by atoms with Gasteiger partial charge in [-0.2, -0.15) is 0 Å². The van der Waals surface area contributed by atoms with Crippen LogP contribution < -0.4 is 5.32 Å².